The maximum absolute atomic E-state index is 12.1. The average molecular weight is 316 g/mol. The fourth-order valence-electron chi connectivity index (χ4n) is 3.20. The molecule has 0 saturated carbocycles. The summed E-state index contributed by atoms with van der Waals surface area (Å²) in [5.74, 6) is 0.442. The summed E-state index contributed by atoms with van der Waals surface area (Å²) < 4.78 is 28.8. The van der Waals surface area contributed by atoms with Crippen LogP contribution in [0.5, 0.6) is 0 Å². The Morgan fingerprint density at radius 3 is 3.05 bits per heavy atom. The van der Waals surface area contributed by atoms with Crippen LogP contribution in [0.3, 0.4) is 0 Å². The van der Waals surface area contributed by atoms with Gasteiger partial charge in [-0.2, -0.15) is 5.10 Å². The first kappa shape index (κ1) is 13.5. The Labute approximate surface area is 128 Å². The second-order valence-electron chi connectivity index (χ2n) is 5.66. The standard InChI is InChI=1S/C15H16N4O2S/c1-19-13-7-4-6-12(11(13)9-16-19)17-15-10-5-2-3-8-14(10)22(20,21)18-15/h2-3,5,8-9,12H,4,6-7H2,1H3,(H,17,18). The summed E-state index contributed by atoms with van der Waals surface area (Å²) in [6, 6.07) is 6.91. The molecule has 0 bridgehead atoms. The van der Waals surface area contributed by atoms with Crippen molar-refractivity contribution in [1.29, 1.82) is 0 Å². The zero-order valence-electron chi connectivity index (χ0n) is 12.2. The van der Waals surface area contributed by atoms with Crippen LogP contribution in [0, 0.1) is 0 Å². The Bertz CT molecular complexity index is 883. The van der Waals surface area contributed by atoms with Gasteiger partial charge >= 0.3 is 0 Å². The minimum atomic E-state index is -3.48. The first-order valence-corrected chi connectivity index (χ1v) is 8.75. The molecule has 2 heterocycles. The van der Waals surface area contributed by atoms with Crippen molar-refractivity contribution in [3.8, 4) is 0 Å². The molecule has 0 fully saturated rings. The molecule has 1 aromatic carbocycles. The predicted molar refractivity (Wildman–Crippen MR) is 82.2 cm³/mol. The van der Waals surface area contributed by atoms with E-state index in [0.717, 1.165) is 24.8 Å². The maximum Gasteiger partial charge on any atom is 0.263 e. The van der Waals surface area contributed by atoms with E-state index >= 15 is 0 Å². The third-order valence-corrected chi connectivity index (χ3v) is 5.69. The van der Waals surface area contributed by atoms with Crippen LogP contribution in [-0.4, -0.2) is 24.0 Å². The van der Waals surface area contributed by atoms with Crippen LogP contribution >= 0.6 is 0 Å². The SMILES string of the molecule is Cn1ncc2c1CCCC2N=C1NS(=O)(=O)c2ccccc21. The summed E-state index contributed by atoms with van der Waals surface area (Å²) in [6.07, 6.45) is 4.78. The highest BCUT2D eigenvalue weighted by Crippen LogP contribution is 2.33. The normalized spacial score (nSPS) is 23.9. The summed E-state index contributed by atoms with van der Waals surface area (Å²) >= 11 is 0. The maximum atomic E-state index is 12.1. The first-order valence-electron chi connectivity index (χ1n) is 7.27. The van der Waals surface area contributed by atoms with Gasteiger partial charge in [-0.05, 0) is 31.4 Å². The number of hydrogen-bond acceptors (Lipinski definition) is 4. The Morgan fingerprint density at radius 1 is 1.36 bits per heavy atom. The van der Waals surface area contributed by atoms with E-state index in [1.807, 2.05) is 24.0 Å². The molecule has 0 spiro atoms. The minimum Gasteiger partial charge on any atom is -0.272 e. The molecule has 1 N–H and O–H groups in total. The fourth-order valence-corrected chi connectivity index (χ4v) is 4.44. The van der Waals surface area contributed by atoms with Crippen molar-refractivity contribution in [1.82, 2.24) is 14.5 Å². The van der Waals surface area contributed by atoms with Gasteiger partial charge in [-0.3, -0.25) is 14.4 Å². The highest BCUT2D eigenvalue weighted by atomic mass is 32.2. The molecule has 1 aliphatic heterocycles. The lowest BCUT2D eigenvalue weighted by Crippen LogP contribution is -2.23. The summed E-state index contributed by atoms with van der Waals surface area (Å²) in [4.78, 5) is 5.00. The lowest BCUT2D eigenvalue weighted by atomic mass is 9.93. The van der Waals surface area contributed by atoms with Gasteiger partial charge in [0.2, 0.25) is 0 Å². The van der Waals surface area contributed by atoms with Crippen molar-refractivity contribution in [3.05, 3.63) is 47.3 Å². The zero-order chi connectivity index (χ0) is 15.3. The Hall–Kier alpha value is -2.15. The molecule has 1 aromatic heterocycles. The van der Waals surface area contributed by atoms with Gasteiger partial charge in [0.25, 0.3) is 10.0 Å². The number of fused-ring (bicyclic) bond motifs is 2. The molecule has 2 aromatic rings. The topological polar surface area (TPSA) is 76.3 Å². The highest BCUT2D eigenvalue weighted by molar-refractivity contribution is 7.90. The number of aryl methyl sites for hydroxylation is 1. The van der Waals surface area contributed by atoms with Crippen LogP contribution < -0.4 is 4.72 Å². The average Bonchev–Trinajstić information content (AvgIpc) is 3.00. The van der Waals surface area contributed by atoms with Crippen molar-refractivity contribution in [2.75, 3.05) is 0 Å². The molecule has 114 valence electrons. The van der Waals surface area contributed by atoms with Gasteiger partial charge in [0, 0.05) is 23.9 Å². The number of aromatic nitrogens is 2. The van der Waals surface area contributed by atoms with E-state index in [9.17, 15) is 8.42 Å². The zero-order valence-corrected chi connectivity index (χ0v) is 13.0. The number of benzene rings is 1. The summed E-state index contributed by atoms with van der Waals surface area (Å²) in [5.41, 5.74) is 2.94. The lowest BCUT2D eigenvalue weighted by molar-refractivity contribution is 0.549. The quantitative estimate of drug-likeness (QED) is 0.867. The summed E-state index contributed by atoms with van der Waals surface area (Å²) in [6.45, 7) is 0. The molecule has 1 atom stereocenters. The van der Waals surface area contributed by atoms with Gasteiger partial charge < -0.3 is 0 Å². The molecule has 22 heavy (non-hydrogen) atoms. The molecule has 0 radical (unpaired) electrons. The van der Waals surface area contributed by atoms with E-state index in [2.05, 4.69) is 9.82 Å². The molecule has 0 amide bonds. The van der Waals surface area contributed by atoms with Crippen molar-refractivity contribution < 1.29 is 8.42 Å². The number of nitrogens with one attached hydrogen (secondary N) is 1. The Balaban J connectivity index is 1.80. The van der Waals surface area contributed by atoms with Gasteiger partial charge in [0.15, 0.2) is 0 Å². The second kappa shape index (κ2) is 4.67. The van der Waals surface area contributed by atoms with Crippen molar-refractivity contribution in [3.63, 3.8) is 0 Å². The lowest BCUT2D eigenvalue weighted by Gasteiger charge is -2.19. The molecule has 0 saturated heterocycles. The Kier molecular flexibility index (Phi) is 2.87. The van der Waals surface area contributed by atoms with Crippen LogP contribution in [-0.2, 0) is 23.5 Å². The van der Waals surface area contributed by atoms with E-state index in [-0.39, 0.29) is 6.04 Å². The van der Waals surface area contributed by atoms with E-state index in [4.69, 9.17) is 4.99 Å². The molecule has 2 aliphatic rings. The van der Waals surface area contributed by atoms with Gasteiger partial charge in [-0.1, -0.05) is 12.1 Å². The van der Waals surface area contributed by atoms with E-state index in [1.165, 1.54) is 5.69 Å². The third-order valence-electron chi connectivity index (χ3n) is 4.29. The summed E-state index contributed by atoms with van der Waals surface area (Å²) in [7, 11) is -1.55. The van der Waals surface area contributed by atoms with Crippen LogP contribution in [0.4, 0.5) is 0 Å². The number of nitrogens with zero attached hydrogens (tertiary/aromatic N) is 3. The molecule has 4 rings (SSSR count). The van der Waals surface area contributed by atoms with Gasteiger partial charge in [-0.15, -0.1) is 0 Å². The van der Waals surface area contributed by atoms with Crippen molar-refractivity contribution >= 4 is 15.9 Å². The van der Waals surface area contributed by atoms with Gasteiger partial charge in [0.05, 0.1) is 17.1 Å². The predicted octanol–water partition coefficient (Wildman–Crippen LogP) is 1.54. The number of aliphatic imine (C=N–C) groups is 1. The molecule has 7 heteroatoms. The molecule has 1 aliphatic carbocycles. The van der Waals surface area contributed by atoms with Crippen molar-refractivity contribution in [2.24, 2.45) is 12.0 Å². The number of rotatable bonds is 1. The Morgan fingerprint density at radius 2 is 2.18 bits per heavy atom. The van der Waals surface area contributed by atoms with Gasteiger partial charge in [-0.25, -0.2) is 8.42 Å². The van der Waals surface area contributed by atoms with E-state index < -0.39 is 10.0 Å². The number of hydrogen-bond donors (Lipinski definition) is 1. The third kappa shape index (κ3) is 1.96. The van der Waals surface area contributed by atoms with Crippen LogP contribution in [0.1, 0.15) is 35.7 Å². The monoisotopic (exact) mass is 316 g/mol. The number of sulfonamides is 1. The highest BCUT2D eigenvalue weighted by Gasteiger charge is 2.32. The van der Waals surface area contributed by atoms with E-state index in [0.29, 0.717) is 16.3 Å². The van der Waals surface area contributed by atoms with Crippen LogP contribution in [0.2, 0.25) is 0 Å². The largest absolute Gasteiger partial charge is 0.272 e. The van der Waals surface area contributed by atoms with E-state index in [1.54, 1.807) is 18.2 Å². The summed E-state index contributed by atoms with van der Waals surface area (Å²) in [5, 5.41) is 4.30. The molecular formula is C15H16N4O2S. The first-order chi connectivity index (χ1) is 10.6. The smallest absolute Gasteiger partial charge is 0.263 e. The van der Waals surface area contributed by atoms with Crippen LogP contribution in [0.15, 0.2) is 40.4 Å². The van der Waals surface area contributed by atoms with Crippen molar-refractivity contribution in [2.45, 2.75) is 30.2 Å². The number of amidine groups is 1. The fraction of sp³-hybridized carbons (Fsp3) is 0.333. The van der Waals surface area contributed by atoms with Gasteiger partial charge in [0.1, 0.15) is 5.84 Å². The molecule has 6 nitrogen and oxygen atoms in total. The molecular weight excluding hydrogens is 300 g/mol. The minimum absolute atomic E-state index is 0.0405. The second-order valence-corrected chi connectivity index (χ2v) is 7.31. The molecule has 1 unspecified atom stereocenters. The van der Waals surface area contributed by atoms with Crippen LogP contribution in [0.25, 0.3) is 0 Å².